The normalized spacial score (nSPS) is 11.8. The Bertz CT molecular complexity index is 1920. The second kappa shape index (κ2) is 14.4. The maximum atomic E-state index is 15.1. The number of hydrogen-bond acceptors (Lipinski definition) is 1. The minimum atomic E-state index is -4.20. The highest BCUT2D eigenvalue weighted by atomic mass is 19.3. The van der Waals surface area contributed by atoms with Crippen LogP contribution in [0, 0.1) is 40.7 Å². The lowest BCUT2D eigenvalue weighted by molar-refractivity contribution is -0.131. The summed E-state index contributed by atoms with van der Waals surface area (Å²) in [6, 6.07) is 16.8. The van der Waals surface area contributed by atoms with Gasteiger partial charge in [-0.1, -0.05) is 56.2 Å². The third kappa shape index (κ3) is 7.93. The van der Waals surface area contributed by atoms with E-state index in [0.29, 0.717) is 29.8 Å². The molecule has 0 aromatic heterocycles. The average Bonchev–Trinajstić information content (AvgIpc) is 3.03. The third-order valence-corrected chi connectivity index (χ3v) is 7.65. The number of ether oxygens (including phenoxy) is 1. The van der Waals surface area contributed by atoms with Crippen LogP contribution in [0.4, 0.5) is 39.5 Å². The molecular weight excluding hydrogens is 643 g/mol. The van der Waals surface area contributed by atoms with Gasteiger partial charge in [0.15, 0.2) is 17.5 Å². The van der Waals surface area contributed by atoms with Gasteiger partial charge in [0.1, 0.15) is 29.0 Å². The predicted molar refractivity (Wildman–Crippen MR) is 167 cm³/mol. The highest BCUT2D eigenvalue weighted by Crippen LogP contribution is 2.33. The Morgan fingerprint density at radius 3 is 1.65 bits per heavy atom. The number of alkyl halides is 2. The maximum Gasteiger partial charge on any atom is 0.419 e. The Morgan fingerprint density at radius 1 is 0.562 bits per heavy atom. The van der Waals surface area contributed by atoms with E-state index in [1.807, 2.05) is 24.3 Å². The van der Waals surface area contributed by atoms with Gasteiger partial charge in [0.2, 0.25) is 0 Å². The summed E-state index contributed by atoms with van der Waals surface area (Å²) in [5, 5.41) is 0. The van der Waals surface area contributed by atoms with Crippen molar-refractivity contribution in [1.29, 1.82) is 0 Å². The highest BCUT2D eigenvalue weighted by Gasteiger charge is 2.29. The molecule has 0 unspecified atom stereocenters. The Labute approximate surface area is 270 Å². The zero-order valence-electron chi connectivity index (χ0n) is 25.4. The minimum Gasteiger partial charge on any atom is -0.429 e. The fourth-order valence-corrected chi connectivity index (χ4v) is 5.15. The summed E-state index contributed by atoms with van der Waals surface area (Å²) in [7, 11) is 0. The summed E-state index contributed by atoms with van der Waals surface area (Å²) in [5.41, 5.74) is 0.545. The first-order valence-corrected chi connectivity index (χ1v) is 14.9. The van der Waals surface area contributed by atoms with E-state index in [1.54, 1.807) is 6.07 Å². The van der Waals surface area contributed by atoms with E-state index in [-0.39, 0.29) is 17.2 Å². The summed E-state index contributed by atoms with van der Waals surface area (Å²) in [4.78, 5) is 0. The van der Waals surface area contributed by atoms with Crippen LogP contribution in [0.5, 0.6) is 5.75 Å². The summed E-state index contributed by atoms with van der Waals surface area (Å²) in [5.74, 6) is -10.1. The fraction of sp³-hybridized carbons (Fsp3) is 0.158. The van der Waals surface area contributed by atoms with E-state index in [1.165, 1.54) is 12.1 Å². The van der Waals surface area contributed by atoms with Gasteiger partial charge in [0.25, 0.3) is 0 Å². The van der Waals surface area contributed by atoms with Gasteiger partial charge in [-0.25, -0.2) is 30.7 Å². The molecule has 48 heavy (non-hydrogen) atoms. The van der Waals surface area contributed by atoms with Crippen molar-refractivity contribution in [3.05, 3.63) is 143 Å². The quantitative estimate of drug-likeness (QED) is 0.0772. The standard InChI is InChI=1S/C38H27F9O/c1-2-3-4-5-22-6-8-23(9-7-22)24-10-12-28(31(39)16-24)25-17-32(40)30(33(41)18-25)14-15-38(46,47)48-27-11-13-29(34(42)21-27)26-19-35(43)37(45)36(44)20-26/h6-21H,2-5H2,1H3/b15-14+. The van der Waals surface area contributed by atoms with Crippen molar-refractivity contribution >= 4 is 6.08 Å². The van der Waals surface area contributed by atoms with Crippen molar-refractivity contribution in [3.63, 3.8) is 0 Å². The van der Waals surface area contributed by atoms with E-state index in [2.05, 4.69) is 11.7 Å². The van der Waals surface area contributed by atoms with Gasteiger partial charge in [-0.3, -0.25) is 0 Å². The molecule has 248 valence electrons. The molecule has 0 heterocycles. The van der Waals surface area contributed by atoms with Gasteiger partial charge in [0.05, 0.1) is 0 Å². The Balaban J connectivity index is 1.30. The number of unbranched alkanes of at least 4 members (excludes halogenated alkanes) is 2. The number of halogens is 9. The molecule has 0 aliphatic rings. The molecule has 0 saturated carbocycles. The second-order valence-electron chi connectivity index (χ2n) is 11.1. The zero-order valence-corrected chi connectivity index (χ0v) is 25.4. The van der Waals surface area contributed by atoms with E-state index in [0.717, 1.165) is 61.1 Å². The maximum absolute atomic E-state index is 15.1. The number of rotatable bonds is 11. The van der Waals surface area contributed by atoms with Crippen LogP contribution in [0.15, 0.2) is 91.0 Å². The molecular formula is C38H27F9O. The van der Waals surface area contributed by atoms with Gasteiger partial charge in [-0.05, 0) is 89.2 Å². The number of aryl methyl sites for hydroxylation is 1. The van der Waals surface area contributed by atoms with E-state index >= 15 is 4.39 Å². The minimum absolute atomic E-state index is 0.0369. The summed E-state index contributed by atoms with van der Waals surface area (Å²) in [6.45, 7) is 2.13. The molecule has 0 bridgehead atoms. The molecule has 0 amide bonds. The topological polar surface area (TPSA) is 9.23 Å². The molecule has 0 N–H and O–H groups in total. The van der Waals surface area contributed by atoms with Crippen LogP contribution in [0.25, 0.3) is 39.5 Å². The van der Waals surface area contributed by atoms with Gasteiger partial charge >= 0.3 is 6.11 Å². The molecule has 5 aromatic carbocycles. The lowest BCUT2D eigenvalue weighted by atomic mass is 9.97. The van der Waals surface area contributed by atoms with Crippen LogP contribution in [0.3, 0.4) is 0 Å². The largest absolute Gasteiger partial charge is 0.429 e. The molecule has 0 fully saturated rings. The van der Waals surface area contributed by atoms with Crippen molar-refractivity contribution in [2.75, 3.05) is 0 Å². The first kappa shape index (κ1) is 34.3. The lowest BCUT2D eigenvalue weighted by Crippen LogP contribution is -2.21. The Hall–Kier alpha value is -4.99. The Morgan fingerprint density at radius 2 is 1.08 bits per heavy atom. The smallest absolute Gasteiger partial charge is 0.419 e. The highest BCUT2D eigenvalue weighted by molar-refractivity contribution is 5.72. The van der Waals surface area contributed by atoms with Crippen molar-refractivity contribution < 1.29 is 44.3 Å². The zero-order chi connectivity index (χ0) is 34.6. The SMILES string of the molecule is CCCCCc1ccc(-c2ccc(-c3cc(F)c(/C=C/C(F)(F)Oc4ccc(-c5cc(F)c(F)c(F)c5)c(F)c4)c(F)c3)c(F)c2)cc1. The third-order valence-electron chi connectivity index (χ3n) is 7.65. The van der Waals surface area contributed by atoms with Crippen molar-refractivity contribution in [2.45, 2.75) is 38.7 Å². The van der Waals surface area contributed by atoms with Crippen molar-refractivity contribution in [3.8, 4) is 39.1 Å². The molecule has 0 atom stereocenters. The first-order chi connectivity index (χ1) is 22.8. The van der Waals surface area contributed by atoms with Crippen LogP contribution in [-0.4, -0.2) is 6.11 Å². The van der Waals surface area contributed by atoms with Crippen molar-refractivity contribution in [2.24, 2.45) is 0 Å². The molecule has 10 heteroatoms. The second-order valence-corrected chi connectivity index (χ2v) is 11.1. The van der Waals surface area contributed by atoms with E-state index in [9.17, 15) is 35.1 Å². The average molecular weight is 671 g/mol. The van der Waals surface area contributed by atoms with Gasteiger partial charge < -0.3 is 4.74 Å². The van der Waals surface area contributed by atoms with E-state index < -0.39 is 69.3 Å². The summed E-state index contributed by atoms with van der Waals surface area (Å²) >= 11 is 0. The molecule has 1 nitrogen and oxygen atoms in total. The van der Waals surface area contributed by atoms with Crippen LogP contribution in [0.1, 0.15) is 37.3 Å². The molecule has 0 saturated heterocycles. The molecule has 0 aliphatic heterocycles. The number of benzene rings is 5. The van der Waals surface area contributed by atoms with Crippen LogP contribution in [-0.2, 0) is 6.42 Å². The Kier molecular flexibility index (Phi) is 10.3. The fourth-order valence-electron chi connectivity index (χ4n) is 5.15. The van der Waals surface area contributed by atoms with Crippen LogP contribution in [0.2, 0.25) is 0 Å². The van der Waals surface area contributed by atoms with Crippen LogP contribution < -0.4 is 4.74 Å². The lowest BCUT2D eigenvalue weighted by Gasteiger charge is -2.15. The molecule has 0 aliphatic carbocycles. The van der Waals surface area contributed by atoms with Gasteiger partial charge in [0, 0.05) is 28.8 Å². The summed E-state index contributed by atoms with van der Waals surface area (Å²) < 4.78 is 134. The molecule has 5 rings (SSSR count). The van der Waals surface area contributed by atoms with Crippen LogP contribution >= 0.6 is 0 Å². The summed E-state index contributed by atoms with van der Waals surface area (Å²) in [6.07, 6.45) is 0.518. The predicted octanol–water partition coefficient (Wildman–Crippen LogP) is 12.1. The monoisotopic (exact) mass is 670 g/mol. The number of hydrogen-bond donors (Lipinski definition) is 0. The molecule has 0 radical (unpaired) electrons. The molecule has 0 spiro atoms. The van der Waals surface area contributed by atoms with Gasteiger partial charge in [-0.2, -0.15) is 8.78 Å². The molecule has 5 aromatic rings. The van der Waals surface area contributed by atoms with Gasteiger partial charge in [-0.15, -0.1) is 0 Å². The van der Waals surface area contributed by atoms with E-state index in [4.69, 9.17) is 0 Å². The first-order valence-electron chi connectivity index (χ1n) is 14.9. The van der Waals surface area contributed by atoms with Crippen molar-refractivity contribution in [1.82, 2.24) is 0 Å².